The number of hydrogen-bond donors (Lipinski definition) is 2. The van der Waals surface area contributed by atoms with Crippen LogP contribution in [-0.4, -0.2) is 41.2 Å². The molecule has 0 bridgehead atoms. The second-order valence-electron chi connectivity index (χ2n) is 8.54. The van der Waals surface area contributed by atoms with E-state index in [1.807, 2.05) is 56.3 Å². The molecule has 6 nitrogen and oxygen atoms in total. The highest BCUT2D eigenvalue weighted by Gasteiger charge is 2.49. The smallest absolute Gasteiger partial charge is 0.325 e. The van der Waals surface area contributed by atoms with Gasteiger partial charge in [0, 0.05) is 0 Å². The van der Waals surface area contributed by atoms with Crippen molar-refractivity contribution in [1.82, 2.24) is 10.2 Å². The number of β-amino-alcohol motifs (C(OH)–C–C–N with tert-alkyl or cyclic N) is 1. The van der Waals surface area contributed by atoms with Gasteiger partial charge >= 0.3 is 6.03 Å². The lowest BCUT2D eigenvalue weighted by atomic mass is 9.90. The quantitative estimate of drug-likeness (QED) is 0.683. The summed E-state index contributed by atoms with van der Waals surface area (Å²) in [5.74, 6) is 0.652. The maximum absolute atomic E-state index is 13.0. The molecule has 3 rings (SSSR count). The van der Waals surface area contributed by atoms with Crippen LogP contribution in [-0.2, 0) is 10.3 Å². The Morgan fingerprint density at radius 2 is 1.67 bits per heavy atom. The summed E-state index contributed by atoms with van der Waals surface area (Å²) < 4.78 is 5.66. The standard InChI is InChI=1S/C24H30N2O4/c1-15(2)18-6-8-19(9-7-18)24(5)22(28)26(23(29)25-24)13-20(27)14-30-21-11-16(3)10-17(4)12-21/h6-12,15,20,27H,13-14H2,1-5H3,(H,25,29)/t20-,24+/m0/s1. The zero-order valence-corrected chi connectivity index (χ0v) is 18.2. The molecule has 2 atom stereocenters. The molecular formula is C24H30N2O4. The number of carbonyl (C=O) groups is 2. The number of imide groups is 1. The van der Waals surface area contributed by atoms with Crippen LogP contribution in [0.1, 0.15) is 48.9 Å². The van der Waals surface area contributed by atoms with Crippen LogP contribution in [0.5, 0.6) is 5.75 Å². The molecule has 0 saturated carbocycles. The highest BCUT2D eigenvalue weighted by Crippen LogP contribution is 2.30. The predicted octanol–water partition coefficient (Wildman–Crippen LogP) is 3.63. The van der Waals surface area contributed by atoms with Crippen molar-refractivity contribution in [1.29, 1.82) is 0 Å². The van der Waals surface area contributed by atoms with E-state index >= 15 is 0 Å². The first-order chi connectivity index (χ1) is 14.1. The molecule has 0 aliphatic carbocycles. The lowest BCUT2D eigenvalue weighted by Gasteiger charge is -2.23. The van der Waals surface area contributed by atoms with Crippen LogP contribution < -0.4 is 10.1 Å². The Morgan fingerprint density at radius 3 is 2.23 bits per heavy atom. The van der Waals surface area contributed by atoms with Gasteiger partial charge in [-0.2, -0.15) is 0 Å². The molecule has 3 amide bonds. The number of nitrogens with zero attached hydrogens (tertiary/aromatic N) is 1. The molecule has 0 radical (unpaired) electrons. The van der Waals surface area contributed by atoms with Crippen molar-refractivity contribution in [3.63, 3.8) is 0 Å². The van der Waals surface area contributed by atoms with E-state index in [4.69, 9.17) is 4.74 Å². The van der Waals surface area contributed by atoms with E-state index in [0.29, 0.717) is 17.2 Å². The summed E-state index contributed by atoms with van der Waals surface area (Å²) in [6.45, 7) is 9.69. The van der Waals surface area contributed by atoms with E-state index in [2.05, 4.69) is 19.2 Å². The van der Waals surface area contributed by atoms with Gasteiger partial charge < -0.3 is 15.2 Å². The second kappa shape index (κ2) is 8.48. The monoisotopic (exact) mass is 410 g/mol. The fraction of sp³-hybridized carbons (Fsp3) is 0.417. The Hall–Kier alpha value is -2.86. The van der Waals surface area contributed by atoms with Crippen molar-refractivity contribution in [2.45, 2.75) is 52.2 Å². The highest BCUT2D eigenvalue weighted by molar-refractivity contribution is 6.07. The Balaban J connectivity index is 1.66. The first kappa shape index (κ1) is 21.8. The number of carbonyl (C=O) groups excluding carboxylic acids is 2. The summed E-state index contributed by atoms with van der Waals surface area (Å²) in [4.78, 5) is 26.6. The SMILES string of the molecule is Cc1cc(C)cc(OC[C@@H](O)CN2C(=O)N[C@](C)(c3ccc(C(C)C)cc3)C2=O)c1. The molecule has 6 heteroatoms. The van der Waals surface area contributed by atoms with E-state index in [1.165, 1.54) is 0 Å². The number of aliphatic hydroxyl groups is 1. The summed E-state index contributed by atoms with van der Waals surface area (Å²) in [6.07, 6.45) is -0.994. The van der Waals surface area contributed by atoms with Gasteiger partial charge in [-0.3, -0.25) is 9.69 Å². The largest absolute Gasteiger partial charge is 0.491 e. The second-order valence-corrected chi connectivity index (χ2v) is 8.54. The lowest BCUT2D eigenvalue weighted by molar-refractivity contribution is -0.132. The van der Waals surface area contributed by atoms with Crippen LogP contribution in [0, 0.1) is 13.8 Å². The van der Waals surface area contributed by atoms with E-state index in [9.17, 15) is 14.7 Å². The maximum atomic E-state index is 13.0. The Kier molecular flexibility index (Phi) is 6.17. The van der Waals surface area contributed by atoms with Crippen LogP contribution in [0.2, 0.25) is 0 Å². The third-order valence-corrected chi connectivity index (χ3v) is 5.46. The van der Waals surface area contributed by atoms with Crippen molar-refractivity contribution in [2.75, 3.05) is 13.2 Å². The number of ether oxygens (including phenoxy) is 1. The predicted molar refractivity (Wildman–Crippen MR) is 116 cm³/mol. The summed E-state index contributed by atoms with van der Waals surface area (Å²) in [5.41, 5.74) is 2.85. The van der Waals surface area contributed by atoms with Gasteiger partial charge in [0.1, 0.15) is 24.0 Å². The summed E-state index contributed by atoms with van der Waals surface area (Å²) >= 11 is 0. The average molecular weight is 411 g/mol. The number of hydrogen-bond acceptors (Lipinski definition) is 4. The van der Waals surface area contributed by atoms with Crippen LogP contribution in [0.4, 0.5) is 4.79 Å². The van der Waals surface area contributed by atoms with Crippen molar-refractivity contribution in [2.24, 2.45) is 0 Å². The fourth-order valence-corrected chi connectivity index (χ4v) is 3.73. The van der Waals surface area contributed by atoms with Gasteiger partial charge in [-0.1, -0.05) is 44.2 Å². The normalized spacial score (nSPS) is 19.9. The Morgan fingerprint density at radius 1 is 1.07 bits per heavy atom. The molecule has 1 fully saturated rings. The molecule has 0 aromatic heterocycles. The van der Waals surface area contributed by atoms with Gasteiger partial charge in [0.05, 0.1) is 6.54 Å². The molecule has 0 unspecified atom stereocenters. The molecule has 1 heterocycles. The first-order valence-electron chi connectivity index (χ1n) is 10.2. The number of urea groups is 1. The molecule has 1 aliphatic heterocycles. The van der Waals surface area contributed by atoms with Gasteiger partial charge in [0.15, 0.2) is 0 Å². The molecule has 1 aliphatic rings. The van der Waals surface area contributed by atoms with Crippen LogP contribution in [0.3, 0.4) is 0 Å². The van der Waals surface area contributed by atoms with Crippen molar-refractivity contribution >= 4 is 11.9 Å². The summed E-state index contributed by atoms with van der Waals surface area (Å²) in [7, 11) is 0. The molecular weight excluding hydrogens is 380 g/mol. The third kappa shape index (κ3) is 4.49. The minimum atomic E-state index is -1.15. The van der Waals surface area contributed by atoms with Gasteiger partial charge in [-0.15, -0.1) is 0 Å². The van der Waals surface area contributed by atoms with Crippen LogP contribution in [0.25, 0.3) is 0 Å². The van der Waals surface area contributed by atoms with Crippen molar-refractivity contribution < 1.29 is 19.4 Å². The molecule has 1 saturated heterocycles. The first-order valence-corrected chi connectivity index (χ1v) is 10.2. The number of aryl methyl sites for hydroxylation is 2. The number of rotatable bonds is 7. The molecule has 2 aromatic carbocycles. The molecule has 30 heavy (non-hydrogen) atoms. The van der Waals surface area contributed by atoms with E-state index < -0.39 is 17.7 Å². The lowest BCUT2D eigenvalue weighted by Crippen LogP contribution is -2.42. The highest BCUT2D eigenvalue weighted by atomic mass is 16.5. The van der Waals surface area contributed by atoms with E-state index in [0.717, 1.165) is 21.6 Å². The minimum Gasteiger partial charge on any atom is -0.491 e. The van der Waals surface area contributed by atoms with Crippen molar-refractivity contribution in [3.05, 3.63) is 64.7 Å². The Labute approximate surface area is 177 Å². The zero-order chi connectivity index (χ0) is 22.1. The minimum absolute atomic E-state index is 0.0141. The average Bonchev–Trinajstić information content (AvgIpc) is 2.90. The van der Waals surface area contributed by atoms with Gasteiger partial charge in [0.25, 0.3) is 5.91 Å². The van der Waals surface area contributed by atoms with Crippen LogP contribution >= 0.6 is 0 Å². The van der Waals surface area contributed by atoms with Gasteiger partial charge in [0.2, 0.25) is 0 Å². The van der Waals surface area contributed by atoms with Gasteiger partial charge in [-0.25, -0.2) is 4.79 Å². The molecule has 160 valence electrons. The topological polar surface area (TPSA) is 78.9 Å². The Bertz CT molecular complexity index is 918. The number of nitrogens with one attached hydrogen (secondary N) is 1. The number of aliphatic hydroxyl groups excluding tert-OH is 1. The summed E-state index contributed by atoms with van der Waals surface area (Å²) in [5, 5.41) is 13.2. The number of amides is 3. The van der Waals surface area contributed by atoms with Gasteiger partial charge in [-0.05, 0) is 61.1 Å². The number of benzene rings is 2. The molecule has 2 N–H and O–H groups in total. The van der Waals surface area contributed by atoms with E-state index in [1.54, 1.807) is 6.92 Å². The maximum Gasteiger partial charge on any atom is 0.325 e. The molecule has 2 aromatic rings. The van der Waals surface area contributed by atoms with Crippen molar-refractivity contribution in [3.8, 4) is 5.75 Å². The molecule has 0 spiro atoms. The fourth-order valence-electron chi connectivity index (χ4n) is 3.73. The third-order valence-electron chi connectivity index (χ3n) is 5.46. The summed E-state index contributed by atoms with van der Waals surface area (Å²) in [6, 6.07) is 13.0. The van der Waals surface area contributed by atoms with Crippen LogP contribution in [0.15, 0.2) is 42.5 Å². The zero-order valence-electron chi connectivity index (χ0n) is 18.2. The van der Waals surface area contributed by atoms with E-state index in [-0.39, 0.29) is 19.1 Å².